The molecule has 7 heteroatoms. The number of aromatic nitrogens is 4. The predicted octanol–water partition coefficient (Wildman–Crippen LogP) is 3.72. The number of fused-ring (bicyclic) bond motifs is 2. The van der Waals surface area contributed by atoms with E-state index in [1.165, 1.54) is 19.2 Å². The summed E-state index contributed by atoms with van der Waals surface area (Å²) in [6, 6.07) is 12.9. The molecule has 30 heavy (non-hydrogen) atoms. The van der Waals surface area contributed by atoms with Crippen molar-refractivity contribution >= 4 is 27.6 Å². The highest BCUT2D eigenvalue weighted by Crippen LogP contribution is 2.33. The summed E-state index contributed by atoms with van der Waals surface area (Å²) in [4.78, 5) is 11.2. The van der Waals surface area contributed by atoms with Gasteiger partial charge in [0, 0.05) is 11.6 Å². The summed E-state index contributed by atoms with van der Waals surface area (Å²) < 4.78 is 7.62. The van der Waals surface area contributed by atoms with E-state index < -0.39 is 0 Å². The van der Waals surface area contributed by atoms with Gasteiger partial charge in [0.1, 0.15) is 23.6 Å². The van der Waals surface area contributed by atoms with Crippen molar-refractivity contribution in [2.75, 3.05) is 25.9 Å². The van der Waals surface area contributed by atoms with Crippen LogP contribution >= 0.6 is 0 Å². The van der Waals surface area contributed by atoms with Gasteiger partial charge in [0.15, 0.2) is 5.65 Å². The van der Waals surface area contributed by atoms with Crippen LogP contribution in [0.4, 0.5) is 5.82 Å². The Morgan fingerprint density at radius 3 is 2.77 bits per heavy atom. The number of likely N-dealkylation sites (N-methyl/N-ethyl adjacent to an activating group) is 1. The molecule has 1 atom stereocenters. The molecule has 1 saturated heterocycles. The Hall–Kier alpha value is -3.19. The van der Waals surface area contributed by atoms with Gasteiger partial charge in [0.25, 0.3) is 0 Å². The van der Waals surface area contributed by atoms with Gasteiger partial charge >= 0.3 is 0 Å². The Balaban J connectivity index is 1.60. The fourth-order valence-electron chi connectivity index (χ4n) is 4.40. The van der Waals surface area contributed by atoms with Crippen LogP contribution in [0.25, 0.3) is 33.1 Å². The second-order valence-electron chi connectivity index (χ2n) is 7.92. The Bertz CT molecular complexity index is 1220. The van der Waals surface area contributed by atoms with E-state index in [2.05, 4.69) is 52.2 Å². The molecule has 3 heterocycles. The molecule has 154 valence electrons. The summed E-state index contributed by atoms with van der Waals surface area (Å²) in [6.07, 6.45) is 3.91. The van der Waals surface area contributed by atoms with E-state index in [9.17, 15) is 0 Å². The zero-order valence-electron chi connectivity index (χ0n) is 17.4. The summed E-state index contributed by atoms with van der Waals surface area (Å²) in [6.45, 7) is 4.57. The molecule has 4 aromatic rings. The van der Waals surface area contributed by atoms with Crippen LogP contribution in [0.15, 0.2) is 42.7 Å². The molecule has 0 radical (unpaired) electrons. The number of hydrogen-bond donors (Lipinski definition) is 1. The normalized spacial score (nSPS) is 17.2. The third-order valence-electron chi connectivity index (χ3n) is 6.01. The van der Waals surface area contributed by atoms with E-state index in [-0.39, 0.29) is 0 Å². The third-order valence-corrected chi connectivity index (χ3v) is 6.01. The van der Waals surface area contributed by atoms with E-state index >= 15 is 0 Å². The Morgan fingerprint density at radius 1 is 1.13 bits per heavy atom. The van der Waals surface area contributed by atoms with E-state index in [0.29, 0.717) is 18.5 Å². The van der Waals surface area contributed by atoms with Gasteiger partial charge in [0.05, 0.1) is 18.5 Å². The van der Waals surface area contributed by atoms with Gasteiger partial charge in [-0.1, -0.05) is 18.2 Å². The van der Waals surface area contributed by atoms with E-state index in [0.717, 1.165) is 51.9 Å². The maximum absolute atomic E-state index is 6.28. The zero-order chi connectivity index (χ0) is 20.7. The van der Waals surface area contributed by atoms with Gasteiger partial charge < -0.3 is 15.4 Å². The first-order valence-corrected chi connectivity index (χ1v) is 10.5. The van der Waals surface area contributed by atoms with Crippen LogP contribution in [0.1, 0.15) is 19.8 Å². The van der Waals surface area contributed by atoms with Crippen molar-refractivity contribution in [2.24, 2.45) is 0 Å². The molecule has 0 bridgehead atoms. The van der Waals surface area contributed by atoms with Crippen LogP contribution in [-0.4, -0.2) is 50.9 Å². The summed E-state index contributed by atoms with van der Waals surface area (Å²) in [5.74, 6) is 1.35. The molecule has 2 aromatic carbocycles. The van der Waals surface area contributed by atoms with Crippen LogP contribution < -0.4 is 10.5 Å². The zero-order valence-corrected chi connectivity index (χ0v) is 17.4. The number of likely N-dealkylation sites (tertiary alicyclic amines) is 1. The summed E-state index contributed by atoms with van der Waals surface area (Å²) in [5, 5.41) is 8.04. The van der Waals surface area contributed by atoms with Gasteiger partial charge in [-0.3, -0.25) is 0 Å². The van der Waals surface area contributed by atoms with Crippen molar-refractivity contribution in [1.29, 1.82) is 0 Å². The van der Waals surface area contributed by atoms with Crippen LogP contribution in [0.3, 0.4) is 0 Å². The Labute approximate surface area is 175 Å². The molecule has 7 nitrogen and oxygen atoms in total. The minimum absolute atomic E-state index is 0.464. The first-order chi connectivity index (χ1) is 14.6. The smallest absolute Gasteiger partial charge is 0.164 e. The molecule has 0 spiro atoms. The molecule has 5 rings (SSSR count). The minimum Gasteiger partial charge on any atom is -0.494 e. The lowest BCUT2D eigenvalue weighted by Crippen LogP contribution is -2.29. The van der Waals surface area contributed by atoms with Crippen molar-refractivity contribution in [3.63, 3.8) is 0 Å². The number of rotatable bonds is 5. The summed E-state index contributed by atoms with van der Waals surface area (Å²) in [5.41, 5.74) is 8.92. The van der Waals surface area contributed by atoms with Crippen molar-refractivity contribution in [3.05, 3.63) is 42.7 Å². The Kier molecular flexibility index (Phi) is 4.75. The molecule has 2 N–H and O–H groups in total. The molecule has 1 fully saturated rings. The van der Waals surface area contributed by atoms with Gasteiger partial charge in [-0.2, -0.15) is 5.10 Å². The topological polar surface area (TPSA) is 82.1 Å². The first-order valence-electron chi connectivity index (χ1n) is 10.5. The monoisotopic (exact) mass is 402 g/mol. The molecular formula is C23H26N6O. The molecule has 2 aromatic heterocycles. The molecule has 0 saturated carbocycles. The molecule has 0 unspecified atom stereocenters. The maximum atomic E-state index is 6.28. The number of nitrogen functional groups attached to an aromatic ring is 1. The second-order valence-corrected chi connectivity index (χ2v) is 7.92. The molecule has 0 amide bonds. The molecule has 1 aliphatic heterocycles. The Morgan fingerprint density at radius 2 is 1.97 bits per heavy atom. The van der Waals surface area contributed by atoms with Gasteiger partial charge in [-0.05, 0) is 62.3 Å². The van der Waals surface area contributed by atoms with Crippen LogP contribution in [0.5, 0.6) is 5.75 Å². The standard InChI is InChI=1S/C23H26N6O/c1-3-30-19-9-8-15-11-17(7-6-16(15)12-19)21-20-22(24)25-14-26-23(20)29(27-21)13-18-5-4-10-28(18)2/h6-9,11-12,14,18H,3-5,10,13H2,1-2H3,(H2,24,25,26)/t18-/m0/s1. The first kappa shape index (κ1) is 18.8. The second kappa shape index (κ2) is 7.57. The molecular weight excluding hydrogens is 376 g/mol. The number of nitrogens with zero attached hydrogens (tertiary/aromatic N) is 5. The third kappa shape index (κ3) is 3.25. The highest BCUT2D eigenvalue weighted by Gasteiger charge is 2.24. The lowest BCUT2D eigenvalue weighted by Gasteiger charge is -2.19. The summed E-state index contributed by atoms with van der Waals surface area (Å²) in [7, 11) is 2.17. The van der Waals surface area contributed by atoms with Crippen LogP contribution in [0, 0.1) is 0 Å². The summed E-state index contributed by atoms with van der Waals surface area (Å²) >= 11 is 0. The van der Waals surface area contributed by atoms with E-state index in [4.69, 9.17) is 15.6 Å². The van der Waals surface area contributed by atoms with E-state index in [1.54, 1.807) is 0 Å². The number of anilines is 1. The molecule has 1 aliphatic rings. The van der Waals surface area contributed by atoms with Gasteiger partial charge in [-0.15, -0.1) is 0 Å². The van der Waals surface area contributed by atoms with Crippen molar-refractivity contribution in [2.45, 2.75) is 32.4 Å². The fourth-order valence-corrected chi connectivity index (χ4v) is 4.40. The molecule has 0 aliphatic carbocycles. The predicted molar refractivity (Wildman–Crippen MR) is 119 cm³/mol. The SMILES string of the molecule is CCOc1ccc2cc(-c3nn(C[C@@H]4CCCN4C)c4ncnc(N)c34)ccc2c1. The van der Waals surface area contributed by atoms with Crippen LogP contribution in [-0.2, 0) is 6.54 Å². The van der Waals surface area contributed by atoms with E-state index in [1.807, 2.05) is 17.7 Å². The quantitative estimate of drug-likeness (QED) is 0.548. The van der Waals surface area contributed by atoms with Crippen molar-refractivity contribution < 1.29 is 4.74 Å². The lowest BCUT2D eigenvalue weighted by molar-refractivity contribution is 0.277. The average molecular weight is 403 g/mol. The number of hydrogen-bond acceptors (Lipinski definition) is 6. The highest BCUT2D eigenvalue weighted by atomic mass is 16.5. The van der Waals surface area contributed by atoms with Crippen molar-refractivity contribution in [3.8, 4) is 17.0 Å². The average Bonchev–Trinajstić information content (AvgIpc) is 3.33. The lowest BCUT2D eigenvalue weighted by atomic mass is 10.0. The largest absolute Gasteiger partial charge is 0.494 e. The number of nitrogens with two attached hydrogens (primary N) is 1. The van der Waals surface area contributed by atoms with Crippen LogP contribution in [0.2, 0.25) is 0 Å². The fraction of sp³-hybridized carbons (Fsp3) is 0.348. The number of ether oxygens (including phenoxy) is 1. The minimum atomic E-state index is 0.464. The van der Waals surface area contributed by atoms with Gasteiger partial charge in [0.2, 0.25) is 0 Å². The highest BCUT2D eigenvalue weighted by molar-refractivity contribution is 6.00. The number of benzene rings is 2. The van der Waals surface area contributed by atoms with Crippen molar-refractivity contribution in [1.82, 2.24) is 24.6 Å². The van der Waals surface area contributed by atoms with Gasteiger partial charge in [-0.25, -0.2) is 14.6 Å². The maximum Gasteiger partial charge on any atom is 0.164 e.